The monoisotopic (exact) mass is 356 g/mol. The highest BCUT2D eigenvalue weighted by Gasteiger charge is 2.36. The van der Waals surface area contributed by atoms with Crippen molar-refractivity contribution in [2.24, 2.45) is 0 Å². The van der Waals surface area contributed by atoms with Crippen molar-refractivity contribution < 1.29 is 23.8 Å². The molecule has 0 aromatic heterocycles. The third-order valence-electron chi connectivity index (χ3n) is 4.07. The smallest absolute Gasteiger partial charge is 0.268 e. The van der Waals surface area contributed by atoms with Crippen LogP contribution < -0.4 is 24.8 Å². The van der Waals surface area contributed by atoms with E-state index in [0.29, 0.717) is 34.2 Å². The summed E-state index contributed by atoms with van der Waals surface area (Å²) < 4.78 is 16.1. The molecule has 0 fully saturated rings. The number of hydrogen-bond donors (Lipinski definition) is 2. The summed E-state index contributed by atoms with van der Waals surface area (Å²) in [6.45, 7) is 3.36. The van der Waals surface area contributed by atoms with E-state index in [1.54, 1.807) is 50.2 Å². The van der Waals surface area contributed by atoms with Gasteiger partial charge in [-0.05, 0) is 44.2 Å². The lowest BCUT2D eigenvalue weighted by Crippen LogP contribution is -2.45. The molecule has 26 heavy (non-hydrogen) atoms. The van der Waals surface area contributed by atoms with Crippen molar-refractivity contribution in [3.05, 3.63) is 42.0 Å². The lowest BCUT2D eigenvalue weighted by atomic mass is 10.1. The minimum absolute atomic E-state index is 0.280. The van der Waals surface area contributed by atoms with E-state index >= 15 is 0 Å². The van der Waals surface area contributed by atoms with Gasteiger partial charge in [-0.3, -0.25) is 9.59 Å². The molecular weight excluding hydrogens is 336 g/mol. The van der Waals surface area contributed by atoms with E-state index in [1.807, 2.05) is 0 Å². The molecule has 0 spiro atoms. The van der Waals surface area contributed by atoms with Gasteiger partial charge >= 0.3 is 0 Å². The number of anilines is 2. The van der Waals surface area contributed by atoms with Crippen LogP contribution in [0.25, 0.3) is 0 Å². The van der Waals surface area contributed by atoms with Crippen LogP contribution in [0, 0.1) is 0 Å². The lowest BCUT2D eigenvalue weighted by Gasteiger charge is -2.32. The Bertz CT molecular complexity index is 876. The largest absolute Gasteiger partial charge is 0.493 e. The number of carbonyl (C=O) groups excluding carboxylic acids is 2. The molecule has 0 unspecified atom stereocenters. The summed E-state index contributed by atoms with van der Waals surface area (Å²) in [5.41, 5.74) is 0.305. The zero-order valence-electron chi connectivity index (χ0n) is 15.0. The molecule has 2 N–H and O–H groups in total. The number of methoxy groups -OCH3 is 2. The first-order valence-corrected chi connectivity index (χ1v) is 8.02. The SMILES string of the molecule is COc1ccc(C(=O)Nc2cccc3c2NC(=O)C(C)(C)O3)cc1OC. The zero-order valence-corrected chi connectivity index (χ0v) is 15.0. The molecule has 7 nitrogen and oxygen atoms in total. The predicted molar refractivity (Wildman–Crippen MR) is 97.3 cm³/mol. The van der Waals surface area contributed by atoms with Gasteiger partial charge in [0.25, 0.3) is 11.8 Å². The van der Waals surface area contributed by atoms with Gasteiger partial charge in [-0.25, -0.2) is 0 Å². The molecule has 3 rings (SSSR count). The van der Waals surface area contributed by atoms with Crippen LogP contribution in [0.2, 0.25) is 0 Å². The van der Waals surface area contributed by atoms with Gasteiger partial charge in [0.15, 0.2) is 17.1 Å². The second-order valence-corrected chi connectivity index (χ2v) is 6.27. The Morgan fingerprint density at radius 3 is 2.54 bits per heavy atom. The van der Waals surface area contributed by atoms with Gasteiger partial charge < -0.3 is 24.8 Å². The highest BCUT2D eigenvalue weighted by molar-refractivity contribution is 6.10. The van der Waals surface area contributed by atoms with Crippen LogP contribution >= 0.6 is 0 Å². The number of fused-ring (bicyclic) bond motifs is 1. The maximum Gasteiger partial charge on any atom is 0.268 e. The molecule has 0 bridgehead atoms. The summed E-state index contributed by atoms with van der Waals surface area (Å²) in [6.07, 6.45) is 0. The van der Waals surface area contributed by atoms with Gasteiger partial charge in [0.2, 0.25) is 0 Å². The average Bonchev–Trinajstić information content (AvgIpc) is 2.62. The summed E-state index contributed by atoms with van der Waals surface area (Å²) in [7, 11) is 3.03. The van der Waals surface area contributed by atoms with Crippen molar-refractivity contribution in [3.8, 4) is 17.2 Å². The van der Waals surface area contributed by atoms with Crippen LogP contribution in [-0.2, 0) is 4.79 Å². The molecule has 7 heteroatoms. The first-order valence-electron chi connectivity index (χ1n) is 8.02. The molecular formula is C19H20N2O5. The van der Waals surface area contributed by atoms with Crippen LogP contribution in [-0.4, -0.2) is 31.6 Å². The molecule has 0 atom stereocenters. The average molecular weight is 356 g/mol. The van der Waals surface area contributed by atoms with Crippen molar-refractivity contribution in [1.29, 1.82) is 0 Å². The normalized spacial score (nSPS) is 14.5. The molecule has 0 radical (unpaired) electrons. The van der Waals surface area contributed by atoms with Crippen molar-refractivity contribution in [2.75, 3.05) is 24.9 Å². The quantitative estimate of drug-likeness (QED) is 0.879. The molecule has 1 heterocycles. The summed E-state index contributed by atoms with van der Waals surface area (Å²) in [5.74, 6) is 0.855. The van der Waals surface area contributed by atoms with E-state index in [4.69, 9.17) is 14.2 Å². The van der Waals surface area contributed by atoms with Crippen molar-refractivity contribution in [3.63, 3.8) is 0 Å². The number of ether oxygens (including phenoxy) is 3. The number of benzene rings is 2. The minimum Gasteiger partial charge on any atom is -0.493 e. The van der Waals surface area contributed by atoms with Gasteiger partial charge in [0.1, 0.15) is 11.4 Å². The molecule has 0 saturated heterocycles. The second-order valence-electron chi connectivity index (χ2n) is 6.27. The maximum atomic E-state index is 12.6. The van der Waals surface area contributed by atoms with Gasteiger partial charge in [0.05, 0.1) is 19.9 Å². The Kier molecular flexibility index (Phi) is 4.46. The number of amides is 2. The predicted octanol–water partition coefficient (Wildman–Crippen LogP) is 3.07. The minimum atomic E-state index is -0.973. The van der Waals surface area contributed by atoms with Crippen molar-refractivity contribution in [2.45, 2.75) is 19.4 Å². The molecule has 2 aromatic rings. The van der Waals surface area contributed by atoms with Crippen LogP contribution in [0.15, 0.2) is 36.4 Å². The Labute approximate surface area is 151 Å². The number of hydrogen-bond acceptors (Lipinski definition) is 5. The van der Waals surface area contributed by atoms with Gasteiger partial charge in [-0.2, -0.15) is 0 Å². The van der Waals surface area contributed by atoms with E-state index in [1.165, 1.54) is 14.2 Å². The summed E-state index contributed by atoms with van der Waals surface area (Å²) >= 11 is 0. The van der Waals surface area contributed by atoms with Gasteiger partial charge in [-0.1, -0.05) is 6.07 Å². The third kappa shape index (κ3) is 3.15. The highest BCUT2D eigenvalue weighted by atomic mass is 16.5. The van der Waals surface area contributed by atoms with Crippen molar-refractivity contribution >= 4 is 23.2 Å². The Morgan fingerprint density at radius 2 is 1.85 bits per heavy atom. The first-order chi connectivity index (χ1) is 12.4. The van der Waals surface area contributed by atoms with Crippen molar-refractivity contribution in [1.82, 2.24) is 0 Å². The van der Waals surface area contributed by atoms with Crippen LogP contribution in [0.3, 0.4) is 0 Å². The number of rotatable bonds is 4. The number of carbonyl (C=O) groups is 2. The Hall–Kier alpha value is -3.22. The summed E-state index contributed by atoms with van der Waals surface area (Å²) in [5, 5.41) is 5.59. The first kappa shape index (κ1) is 17.6. The fourth-order valence-corrected chi connectivity index (χ4v) is 2.61. The number of para-hydroxylation sites is 1. The zero-order chi connectivity index (χ0) is 18.9. The summed E-state index contributed by atoms with van der Waals surface area (Å²) in [6, 6.07) is 10.0. The van der Waals surface area contributed by atoms with Crippen LogP contribution in [0.1, 0.15) is 24.2 Å². The van der Waals surface area contributed by atoms with Crippen LogP contribution in [0.5, 0.6) is 17.2 Å². The fourth-order valence-electron chi connectivity index (χ4n) is 2.61. The topological polar surface area (TPSA) is 85.9 Å². The number of nitrogens with one attached hydrogen (secondary N) is 2. The third-order valence-corrected chi connectivity index (χ3v) is 4.07. The van der Waals surface area contributed by atoms with E-state index in [0.717, 1.165) is 0 Å². The van der Waals surface area contributed by atoms with E-state index in [2.05, 4.69) is 10.6 Å². The molecule has 136 valence electrons. The molecule has 1 aliphatic rings. The Morgan fingerprint density at radius 1 is 1.12 bits per heavy atom. The molecule has 2 aromatic carbocycles. The lowest BCUT2D eigenvalue weighted by molar-refractivity contribution is -0.129. The summed E-state index contributed by atoms with van der Waals surface area (Å²) in [4.78, 5) is 24.8. The second kappa shape index (κ2) is 6.59. The van der Waals surface area contributed by atoms with Crippen LogP contribution in [0.4, 0.5) is 11.4 Å². The maximum absolute atomic E-state index is 12.6. The molecule has 2 amide bonds. The highest BCUT2D eigenvalue weighted by Crippen LogP contribution is 2.39. The molecule has 0 aliphatic carbocycles. The van der Waals surface area contributed by atoms with Gasteiger partial charge in [-0.15, -0.1) is 0 Å². The standard InChI is InChI=1S/C19H20N2O5/c1-19(2)18(23)21-16-12(6-5-7-14(16)26-19)20-17(22)11-8-9-13(24-3)15(10-11)25-4/h5-10H,1-4H3,(H,20,22)(H,21,23). The molecule has 1 aliphatic heterocycles. The van der Waals surface area contributed by atoms with E-state index in [-0.39, 0.29) is 11.8 Å². The van der Waals surface area contributed by atoms with E-state index < -0.39 is 5.60 Å². The molecule has 0 saturated carbocycles. The van der Waals surface area contributed by atoms with E-state index in [9.17, 15) is 9.59 Å². The Balaban J connectivity index is 1.89. The fraction of sp³-hybridized carbons (Fsp3) is 0.263. The van der Waals surface area contributed by atoms with Gasteiger partial charge in [0, 0.05) is 5.56 Å².